The number of amides is 2. The first-order valence-corrected chi connectivity index (χ1v) is 6.63. The van der Waals surface area contributed by atoms with E-state index in [1.54, 1.807) is 0 Å². The van der Waals surface area contributed by atoms with Gasteiger partial charge in [0.1, 0.15) is 0 Å². The summed E-state index contributed by atoms with van der Waals surface area (Å²) in [5, 5.41) is 6.46. The number of ether oxygens (including phenoxy) is 1. The first kappa shape index (κ1) is 11.1. The molecule has 2 amide bonds. The second-order valence-electron chi connectivity index (χ2n) is 4.05. The molecule has 2 aliphatic heterocycles. The normalized spacial score (nSPS) is 30.4. The van der Waals surface area contributed by atoms with E-state index in [1.165, 1.54) is 18.6 Å². The predicted octanol–water partition coefficient (Wildman–Crippen LogP) is 0.970. The lowest BCUT2D eigenvalue weighted by Crippen LogP contribution is -2.44. The van der Waals surface area contributed by atoms with E-state index in [1.807, 2.05) is 11.8 Å². The van der Waals surface area contributed by atoms with Crippen LogP contribution in [0, 0.1) is 0 Å². The van der Waals surface area contributed by atoms with Crippen LogP contribution < -0.4 is 10.6 Å². The molecule has 2 saturated heterocycles. The lowest BCUT2D eigenvalue weighted by molar-refractivity contribution is 0.188. The molecule has 2 N–H and O–H groups in total. The summed E-state index contributed by atoms with van der Waals surface area (Å²) < 4.78 is 5.19. The molecule has 2 rings (SSSR count). The molecule has 0 saturated carbocycles. The zero-order valence-electron chi connectivity index (χ0n) is 8.83. The van der Waals surface area contributed by atoms with E-state index in [-0.39, 0.29) is 12.1 Å². The number of rotatable bonds is 3. The fourth-order valence-electron chi connectivity index (χ4n) is 1.90. The Morgan fingerprint density at radius 2 is 2.40 bits per heavy atom. The van der Waals surface area contributed by atoms with E-state index in [0.717, 1.165) is 19.6 Å². The van der Waals surface area contributed by atoms with Crippen molar-refractivity contribution in [3.05, 3.63) is 0 Å². The third kappa shape index (κ3) is 3.57. The average molecular weight is 230 g/mol. The van der Waals surface area contributed by atoms with Gasteiger partial charge in [0.25, 0.3) is 0 Å². The average Bonchev–Trinajstić information content (AvgIpc) is 2.86. The molecule has 0 spiro atoms. The fraction of sp³-hybridized carbons (Fsp3) is 0.900. The summed E-state index contributed by atoms with van der Waals surface area (Å²) in [6, 6.07) is 0.166. The largest absolute Gasteiger partial charge is 0.379 e. The number of carbonyl (C=O) groups is 1. The van der Waals surface area contributed by atoms with Crippen molar-refractivity contribution in [2.45, 2.75) is 30.6 Å². The van der Waals surface area contributed by atoms with Gasteiger partial charge in [-0.1, -0.05) is 0 Å². The standard InChI is InChI=1S/C10H18N2O2S/c13-10(12-8-3-4-14-7-8)11-6-9-2-1-5-15-9/h8-9H,1-7H2,(H2,11,12,13). The molecule has 2 fully saturated rings. The van der Waals surface area contributed by atoms with Crippen molar-refractivity contribution in [1.82, 2.24) is 10.6 Å². The minimum absolute atomic E-state index is 0.0435. The Bertz CT molecular complexity index is 213. The van der Waals surface area contributed by atoms with Crippen LogP contribution in [0.25, 0.3) is 0 Å². The molecule has 0 aromatic heterocycles. The number of nitrogens with one attached hydrogen (secondary N) is 2. The first-order chi connectivity index (χ1) is 7.34. The van der Waals surface area contributed by atoms with Crippen LogP contribution in [0.5, 0.6) is 0 Å². The number of thioether (sulfide) groups is 1. The van der Waals surface area contributed by atoms with Gasteiger partial charge in [-0.05, 0) is 25.0 Å². The van der Waals surface area contributed by atoms with Gasteiger partial charge in [-0.2, -0.15) is 11.8 Å². The minimum atomic E-state index is -0.0435. The van der Waals surface area contributed by atoms with Gasteiger partial charge in [0.2, 0.25) is 0 Å². The molecule has 0 bridgehead atoms. The molecule has 0 aromatic rings. The molecule has 2 aliphatic rings. The number of urea groups is 1. The molecule has 86 valence electrons. The molecule has 2 atom stereocenters. The third-order valence-corrected chi connectivity index (χ3v) is 4.18. The minimum Gasteiger partial charge on any atom is -0.379 e. The Morgan fingerprint density at radius 1 is 1.47 bits per heavy atom. The summed E-state index contributed by atoms with van der Waals surface area (Å²) in [4.78, 5) is 11.5. The van der Waals surface area contributed by atoms with Gasteiger partial charge in [0.15, 0.2) is 0 Å². The highest BCUT2D eigenvalue weighted by molar-refractivity contribution is 8.00. The van der Waals surface area contributed by atoms with Gasteiger partial charge < -0.3 is 15.4 Å². The predicted molar refractivity (Wildman–Crippen MR) is 61.2 cm³/mol. The monoisotopic (exact) mass is 230 g/mol. The van der Waals surface area contributed by atoms with Gasteiger partial charge in [0, 0.05) is 18.4 Å². The third-order valence-electron chi connectivity index (χ3n) is 2.78. The lowest BCUT2D eigenvalue weighted by atomic mass is 10.2. The summed E-state index contributed by atoms with van der Waals surface area (Å²) >= 11 is 1.96. The Kier molecular flexibility index (Phi) is 4.14. The van der Waals surface area contributed by atoms with Crippen LogP contribution in [0.1, 0.15) is 19.3 Å². The molecule has 0 radical (unpaired) electrons. The van der Waals surface area contributed by atoms with Crippen molar-refractivity contribution in [2.24, 2.45) is 0 Å². The molecule has 2 heterocycles. The van der Waals surface area contributed by atoms with Crippen LogP contribution in [0.2, 0.25) is 0 Å². The number of hydrogen-bond acceptors (Lipinski definition) is 3. The van der Waals surface area contributed by atoms with E-state index in [4.69, 9.17) is 4.74 Å². The first-order valence-electron chi connectivity index (χ1n) is 5.58. The van der Waals surface area contributed by atoms with E-state index in [0.29, 0.717) is 11.9 Å². The SMILES string of the molecule is O=C(NCC1CCCS1)NC1CCOC1. The highest BCUT2D eigenvalue weighted by atomic mass is 32.2. The Labute approximate surface area is 94.5 Å². The number of carbonyl (C=O) groups excluding carboxylic acids is 1. The zero-order chi connectivity index (χ0) is 10.5. The van der Waals surface area contributed by atoms with Crippen LogP contribution in [0.3, 0.4) is 0 Å². The van der Waals surface area contributed by atoms with Crippen LogP contribution in [-0.4, -0.2) is 42.8 Å². The van der Waals surface area contributed by atoms with Gasteiger partial charge >= 0.3 is 6.03 Å². The van der Waals surface area contributed by atoms with Gasteiger partial charge in [0.05, 0.1) is 12.6 Å². The Morgan fingerprint density at radius 3 is 3.07 bits per heavy atom. The molecule has 4 nitrogen and oxygen atoms in total. The van der Waals surface area contributed by atoms with Crippen molar-refractivity contribution in [1.29, 1.82) is 0 Å². The molecule has 2 unspecified atom stereocenters. The molecule has 0 aliphatic carbocycles. The molecular weight excluding hydrogens is 212 g/mol. The topological polar surface area (TPSA) is 50.4 Å². The van der Waals surface area contributed by atoms with Crippen LogP contribution in [0.4, 0.5) is 4.79 Å². The molecule has 15 heavy (non-hydrogen) atoms. The second-order valence-corrected chi connectivity index (χ2v) is 5.46. The van der Waals surface area contributed by atoms with E-state index < -0.39 is 0 Å². The maximum absolute atomic E-state index is 11.5. The zero-order valence-corrected chi connectivity index (χ0v) is 9.65. The quantitative estimate of drug-likeness (QED) is 0.759. The fourth-order valence-corrected chi connectivity index (χ4v) is 3.10. The van der Waals surface area contributed by atoms with Crippen LogP contribution in [0.15, 0.2) is 0 Å². The van der Waals surface area contributed by atoms with Crippen molar-refractivity contribution >= 4 is 17.8 Å². The molecule has 0 aromatic carbocycles. The summed E-state index contributed by atoms with van der Waals surface area (Å²) in [5.74, 6) is 1.24. The highest BCUT2D eigenvalue weighted by Gasteiger charge is 2.19. The molecular formula is C10H18N2O2S. The van der Waals surface area contributed by atoms with Crippen LogP contribution >= 0.6 is 11.8 Å². The Balaban J connectivity index is 1.59. The number of hydrogen-bond donors (Lipinski definition) is 2. The van der Waals surface area contributed by atoms with Crippen molar-refractivity contribution < 1.29 is 9.53 Å². The smallest absolute Gasteiger partial charge is 0.315 e. The molecule has 5 heteroatoms. The van der Waals surface area contributed by atoms with Gasteiger partial charge in [-0.3, -0.25) is 0 Å². The summed E-state index contributed by atoms with van der Waals surface area (Å²) in [6.45, 7) is 2.22. The van der Waals surface area contributed by atoms with Crippen LogP contribution in [-0.2, 0) is 4.74 Å². The van der Waals surface area contributed by atoms with E-state index in [2.05, 4.69) is 10.6 Å². The maximum atomic E-state index is 11.5. The van der Waals surface area contributed by atoms with Crippen molar-refractivity contribution in [3.63, 3.8) is 0 Å². The summed E-state index contributed by atoms with van der Waals surface area (Å²) in [6.07, 6.45) is 3.46. The lowest BCUT2D eigenvalue weighted by Gasteiger charge is -2.14. The highest BCUT2D eigenvalue weighted by Crippen LogP contribution is 2.25. The van der Waals surface area contributed by atoms with Crippen molar-refractivity contribution in [3.8, 4) is 0 Å². The Hall–Kier alpha value is -0.420. The van der Waals surface area contributed by atoms with Crippen molar-refractivity contribution in [2.75, 3.05) is 25.5 Å². The van der Waals surface area contributed by atoms with E-state index >= 15 is 0 Å². The van der Waals surface area contributed by atoms with Gasteiger partial charge in [-0.25, -0.2) is 4.79 Å². The van der Waals surface area contributed by atoms with Gasteiger partial charge in [-0.15, -0.1) is 0 Å². The second kappa shape index (κ2) is 5.61. The maximum Gasteiger partial charge on any atom is 0.315 e. The van der Waals surface area contributed by atoms with E-state index in [9.17, 15) is 4.79 Å². The summed E-state index contributed by atoms with van der Waals surface area (Å²) in [5.41, 5.74) is 0. The summed E-state index contributed by atoms with van der Waals surface area (Å²) in [7, 11) is 0.